The highest BCUT2D eigenvalue weighted by atomic mass is 35.5. The highest BCUT2D eigenvalue weighted by Gasteiger charge is 2.04. The summed E-state index contributed by atoms with van der Waals surface area (Å²) in [5.41, 5.74) is 7.16. The van der Waals surface area contributed by atoms with E-state index in [4.69, 9.17) is 22.1 Å². The van der Waals surface area contributed by atoms with Crippen LogP contribution in [0.15, 0.2) is 53.5 Å². The first-order valence-corrected chi connectivity index (χ1v) is 6.66. The first-order valence-electron chi connectivity index (χ1n) is 6.28. The number of halogens is 1. The van der Waals surface area contributed by atoms with E-state index in [0.717, 1.165) is 0 Å². The minimum atomic E-state index is -0.196. The highest BCUT2D eigenvalue weighted by molar-refractivity contribution is 6.30. The Bertz CT molecular complexity index is 844. The molecule has 0 aliphatic carbocycles. The summed E-state index contributed by atoms with van der Waals surface area (Å²) in [5.74, 6) is 0.669. The Morgan fingerprint density at radius 3 is 2.71 bits per heavy atom. The summed E-state index contributed by atoms with van der Waals surface area (Å²) in [6.07, 6.45) is 1.54. The molecule has 2 N–H and O–H groups in total. The Kier molecular flexibility index (Phi) is 3.50. The second-order valence-electron chi connectivity index (χ2n) is 4.52. The molecule has 0 saturated heterocycles. The van der Waals surface area contributed by atoms with Crippen molar-refractivity contribution in [2.75, 3.05) is 5.73 Å². The van der Waals surface area contributed by atoms with Crippen molar-refractivity contribution < 1.29 is 4.74 Å². The number of hydrogen-bond donors (Lipinski definition) is 1. The number of rotatable bonds is 3. The van der Waals surface area contributed by atoms with Gasteiger partial charge in [0, 0.05) is 18.0 Å². The van der Waals surface area contributed by atoms with E-state index in [1.807, 2.05) is 0 Å². The van der Waals surface area contributed by atoms with Gasteiger partial charge in [-0.2, -0.15) is 0 Å². The second-order valence-corrected chi connectivity index (χ2v) is 4.96. The van der Waals surface area contributed by atoms with Crippen LogP contribution in [-0.4, -0.2) is 9.38 Å². The average Bonchev–Trinajstić information content (AvgIpc) is 2.47. The fourth-order valence-electron chi connectivity index (χ4n) is 1.92. The third-order valence-electron chi connectivity index (χ3n) is 2.94. The van der Waals surface area contributed by atoms with Crippen LogP contribution in [0.2, 0.25) is 5.02 Å². The molecule has 0 saturated carbocycles. The summed E-state index contributed by atoms with van der Waals surface area (Å²) in [7, 11) is 0. The summed E-state index contributed by atoms with van der Waals surface area (Å²) >= 11 is 5.86. The lowest BCUT2D eigenvalue weighted by Crippen LogP contribution is -2.16. The van der Waals surface area contributed by atoms with Gasteiger partial charge in [0.25, 0.3) is 5.56 Å². The SMILES string of the molecule is Nc1ccc(OCc2cc(=O)n3cc(Cl)ccc3n2)cc1. The van der Waals surface area contributed by atoms with Crippen LogP contribution in [0, 0.1) is 0 Å². The number of nitrogens with zero attached hydrogens (tertiary/aromatic N) is 2. The van der Waals surface area contributed by atoms with Gasteiger partial charge in [-0.05, 0) is 36.4 Å². The monoisotopic (exact) mass is 301 g/mol. The van der Waals surface area contributed by atoms with Crippen molar-refractivity contribution in [3.63, 3.8) is 0 Å². The number of benzene rings is 1. The van der Waals surface area contributed by atoms with Gasteiger partial charge in [0.15, 0.2) is 0 Å². The van der Waals surface area contributed by atoms with Crippen LogP contribution in [0.1, 0.15) is 5.69 Å². The van der Waals surface area contributed by atoms with Gasteiger partial charge in [-0.1, -0.05) is 11.6 Å². The van der Waals surface area contributed by atoms with Crippen molar-refractivity contribution in [3.05, 3.63) is 69.7 Å². The maximum absolute atomic E-state index is 12.0. The van der Waals surface area contributed by atoms with E-state index in [1.165, 1.54) is 16.7 Å². The first-order chi connectivity index (χ1) is 10.1. The van der Waals surface area contributed by atoms with Gasteiger partial charge in [-0.15, -0.1) is 0 Å². The standard InChI is InChI=1S/C15H12ClN3O2/c16-10-1-6-14-18-12(7-15(20)19(14)8-10)9-21-13-4-2-11(17)3-5-13/h1-8H,9,17H2. The Morgan fingerprint density at radius 1 is 1.19 bits per heavy atom. The number of anilines is 1. The number of fused-ring (bicyclic) bond motifs is 1. The topological polar surface area (TPSA) is 69.6 Å². The van der Waals surface area contributed by atoms with Crippen molar-refractivity contribution in [1.29, 1.82) is 0 Å². The summed E-state index contributed by atoms with van der Waals surface area (Å²) < 4.78 is 6.98. The number of hydrogen-bond acceptors (Lipinski definition) is 4. The van der Waals surface area contributed by atoms with Crippen LogP contribution in [0.5, 0.6) is 5.75 Å². The summed E-state index contributed by atoms with van der Waals surface area (Å²) in [6.45, 7) is 0.207. The molecule has 2 aromatic heterocycles. The van der Waals surface area contributed by atoms with E-state index in [-0.39, 0.29) is 12.2 Å². The third kappa shape index (κ3) is 2.98. The van der Waals surface area contributed by atoms with Crippen LogP contribution < -0.4 is 16.0 Å². The molecule has 3 rings (SSSR count). The van der Waals surface area contributed by atoms with Crippen LogP contribution in [0.3, 0.4) is 0 Å². The Hall–Kier alpha value is -2.53. The fraction of sp³-hybridized carbons (Fsp3) is 0.0667. The van der Waals surface area contributed by atoms with Gasteiger partial charge in [0.1, 0.15) is 18.0 Å². The smallest absolute Gasteiger partial charge is 0.258 e. The number of nitrogens with two attached hydrogens (primary N) is 1. The number of nitrogen functional groups attached to an aromatic ring is 1. The van der Waals surface area contributed by atoms with E-state index in [0.29, 0.717) is 27.8 Å². The zero-order chi connectivity index (χ0) is 14.8. The van der Waals surface area contributed by atoms with Crippen molar-refractivity contribution in [2.45, 2.75) is 6.61 Å². The lowest BCUT2D eigenvalue weighted by molar-refractivity contribution is 0.301. The number of pyridine rings is 1. The predicted molar refractivity (Wildman–Crippen MR) is 81.7 cm³/mol. The summed E-state index contributed by atoms with van der Waals surface area (Å²) in [5, 5.41) is 0.484. The number of aromatic nitrogens is 2. The molecule has 21 heavy (non-hydrogen) atoms. The molecule has 2 heterocycles. The molecule has 5 nitrogen and oxygen atoms in total. The molecule has 6 heteroatoms. The quantitative estimate of drug-likeness (QED) is 0.755. The molecule has 3 aromatic rings. The molecular formula is C15H12ClN3O2. The molecule has 0 bridgehead atoms. The highest BCUT2D eigenvalue weighted by Crippen LogP contribution is 2.14. The molecule has 106 valence electrons. The summed E-state index contributed by atoms with van der Waals surface area (Å²) in [6, 6.07) is 11.8. The minimum Gasteiger partial charge on any atom is -0.487 e. The second kappa shape index (κ2) is 5.46. The van der Waals surface area contributed by atoms with E-state index in [1.54, 1.807) is 36.4 Å². The molecule has 1 aromatic carbocycles. The molecule has 0 fully saturated rings. The van der Waals surface area contributed by atoms with Crippen LogP contribution in [0.4, 0.5) is 5.69 Å². The Morgan fingerprint density at radius 2 is 1.95 bits per heavy atom. The van der Waals surface area contributed by atoms with E-state index < -0.39 is 0 Å². The molecule has 0 spiro atoms. The minimum absolute atomic E-state index is 0.196. The van der Waals surface area contributed by atoms with Crippen LogP contribution in [0.25, 0.3) is 5.65 Å². The summed E-state index contributed by atoms with van der Waals surface area (Å²) in [4.78, 5) is 16.4. The van der Waals surface area contributed by atoms with Crippen LogP contribution in [-0.2, 0) is 6.61 Å². The first kappa shape index (κ1) is 13.5. The van der Waals surface area contributed by atoms with E-state index >= 15 is 0 Å². The molecule has 0 aliphatic rings. The predicted octanol–water partition coefficient (Wildman–Crippen LogP) is 2.51. The average molecular weight is 302 g/mol. The van der Waals surface area contributed by atoms with Crippen molar-refractivity contribution >= 4 is 22.9 Å². The van der Waals surface area contributed by atoms with E-state index in [9.17, 15) is 4.79 Å². The van der Waals surface area contributed by atoms with Gasteiger partial charge in [-0.25, -0.2) is 4.98 Å². The van der Waals surface area contributed by atoms with Gasteiger partial charge in [-0.3, -0.25) is 9.20 Å². The van der Waals surface area contributed by atoms with Gasteiger partial charge < -0.3 is 10.5 Å². The normalized spacial score (nSPS) is 10.7. The van der Waals surface area contributed by atoms with Crippen molar-refractivity contribution in [1.82, 2.24) is 9.38 Å². The molecule has 0 radical (unpaired) electrons. The zero-order valence-corrected chi connectivity index (χ0v) is 11.7. The maximum atomic E-state index is 12.0. The lowest BCUT2D eigenvalue weighted by atomic mass is 10.3. The van der Waals surface area contributed by atoms with Gasteiger partial charge in [0.05, 0.1) is 10.7 Å². The van der Waals surface area contributed by atoms with Crippen molar-refractivity contribution in [3.8, 4) is 5.75 Å². The third-order valence-corrected chi connectivity index (χ3v) is 3.17. The fourth-order valence-corrected chi connectivity index (χ4v) is 2.08. The van der Waals surface area contributed by atoms with Gasteiger partial charge in [0.2, 0.25) is 0 Å². The molecule has 0 amide bonds. The number of ether oxygens (including phenoxy) is 1. The molecule has 0 unspecified atom stereocenters. The molecule has 0 atom stereocenters. The van der Waals surface area contributed by atoms with Gasteiger partial charge >= 0.3 is 0 Å². The lowest BCUT2D eigenvalue weighted by Gasteiger charge is -2.07. The maximum Gasteiger partial charge on any atom is 0.258 e. The van der Waals surface area contributed by atoms with Crippen LogP contribution >= 0.6 is 11.6 Å². The Balaban J connectivity index is 1.86. The zero-order valence-electron chi connectivity index (χ0n) is 11.0. The van der Waals surface area contributed by atoms with E-state index in [2.05, 4.69) is 4.98 Å². The van der Waals surface area contributed by atoms with Crippen molar-refractivity contribution in [2.24, 2.45) is 0 Å². The molecular weight excluding hydrogens is 290 g/mol. The largest absolute Gasteiger partial charge is 0.487 e. The molecule has 0 aliphatic heterocycles. The Labute approximate surface area is 125 Å².